The van der Waals surface area contributed by atoms with E-state index in [2.05, 4.69) is 10.3 Å². The summed E-state index contributed by atoms with van der Waals surface area (Å²) in [4.78, 5) is 15.3. The first-order valence-electron chi connectivity index (χ1n) is 5.75. The van der Waals surface area contributed by atoms with E-state index in [4.69, 9.17) is 22.6 Å². The van der Waals surface area contributed by atoms with E-state index < -0.39 is 5.91 Å². The van der Waals surface area contributed by atoms with Gasteiger partial charge < -0.3 is 11.1 Å². The van der Waals surface area contributed by atoms with Crippen molar-refractivity contribution in [1.82, 2.24) is 4.98 Å². The van der Waals surface area contributed by atoms with Crippen molar-refractivity contribution in [3.8, 4) is 6.07 Å². The zero-order valence-electron chi connectivity index (χ0n) is 10.6. The maximum absolute atomic E-state index is 11.5. The number of hydrogen-bond donors (Lipinski definition) is 2. The van der Waals surface area contributed by atoms with Crippen LogP contribution in [0.4, 0.5) is 11.4 Å². The van der Waals surface area contributed by atoms with E-state index in [1.807, 2.05) is 19.1 Å². The number of halogens is 1. The van der Waals surface area contributed by atoms with Crippen LogP contribution in [0.5, 0.6) is 0 Å². The first-order chi connectivity index (χ1) is 9.52. The van der Waals surface area contributed by atoms with Crippen molar-refractivity contribution >= 4 is 28.9 Å². The number of hydrogen-bond acceptors (Lipinski definition) is 4. The van der Waals surface area contributed by atoms with Gasteiger partial charge in [0, 0.05) is 12.3 Å². The number of aromatic nitrogens is 1. The van der Waals surface area contributed by atoms with Crippen LogP contribution in [0.25, 0.3) is 0 Å². The average Bonchev–Trinajstić information content (AvgIpc) is 2.41. The van der Waals surface area contributed by atoms with Gasteiger partial charge in [-0.1, -0.05) is 23.7 Å². The van der Waals surface area contributed by atoms with Gasteiger partial charge in [-0.05, 0) is 18.6 Å². The summed E-state index contributed by atoms with van der Waals surface area (Å²) in [5.74, 6) is -0.546. The molecule has 0 aliphatic rings. The van der Waals surface area contributed by atoms with Gasteiger partial charge >= 0.3 is 0 Å². The molecule has 6 heteroatoms. The van der Waals surface area contributed by atoms with Gasteiger partial charge in [0.15, 0.2) is 0 Å². The third-order valence-electron chi connectivity index (χ3n) is 2.79. The van der Waals surface area contributed by atoms with Crippen LogP contribution in [-0.2, 0) is 0 Å². The van der Waals surface area contributed by atoms with Crippen LogP contribution in [-0.4, -0.2) is 10.9 Å². The number of anilines is 2. The van der Waals surface area contributed by atoms with Crippen LogP contribution in [0.1, 0.15) is 21.5 Å². The van der Waals surface area contributed by atoms with Crippen LogP contribution in [0.15, 0.2) is 30.5 Å². The molecule has 0 saturated carbocycles. The molecule has 0 spiro atoms. The van der Waals surface area contributed by atoms with Crippen LogP contribution in [0.2, 0.25) is 5.15 Å². The predicted molar refractivity (Wildman–Crippen MR) is 76.9 cm³/mol. The normalized spacial score (nSPS) is 9.85. The number of rotatable bonds is 3. The van der Waals surface area contributed by atoms with Crippen LogP contribution in [0, 0.1) is 18.3 Å². The molecule has 0 saturated heterocycles. The molecule has 2 rings (SSSR count). The van der Waals surface area contributed by atoms with Crippen LogP contribution in [0.3, 0.4) is 0 Å². The van der Waals surface area contributed by atoms with Crippen molar-refractivity contribution in [1.29, 1.82) is 5.26 Å². The molecule has 1 aromatic heterocycles. The summed E-state index contributed by atoms with van der Waals surface area (Å²) < 4.78 is 0. The summed E-state index contributed by atoms with van der Waals surface area (Å²) in [7, 11) is 0. The minimum atomic E-state index is -0.546. The van der Waals surface area contributed by atoms with Crippen molar-refractivity contribution in [3.63, 3.8) is 0 Å². The molecule has 0 atom stereocenters. The molecular weight excluding hydrogens is 276 g/mol. The van der Waals surface area contributed by atoms with E-state index in [0.717, 1.165) is 5.56 Å². The van der Waals surface area contributed by atoms with Crippen LogP contribution < -0.4 is 11.1 Å². The van der Waals surface area contributed by atoms with Crippen molar-refractivity contribution in [2.75, 3.05) is 5.32 Å². The van der Waals surface area contributed by atoms with Crippen molar-refractivity contribution in [2.24, 2.45) is 5.73 Å². The zero-order valence-corrected chi connectivity index (χ0v) is 11.4. The van der Waals surface area contributed by atoms with Gasteiger partial charge in [-0.3, -0.25) is 4.79 Å². The van der Waals surface area contributed by atoms with E-state index in [9.17, 15) is 4.79 Å². The molecule has 2 aromatic rings. The SMILES string of the molecule is Cc1cccc(C(N)=O)c1Nc1cc(Cl)ncc1C#N. The van der Waals surface area contributed by atoms with E-state index >= 15 is 0 Å². The van der Waals surface area contributed by atoms with Crippen LogP contribution >= 0.6 is 11.6 Å². The average molecular weight is 287 g/mol. The Balaban J connectivity index is 2.53. The highest BCUT2D eigenvalue weighted by Crippen LogP contribution is 2.27. The topological polar surface area (TPSA) is 91.8 Å². The van der Waals surface area contributed by atoms with Gasteiger partial charge in [0.25, 0.3) is 5.91 Å². The maximum Gasteiger partial charge on any atom is 0.250 e. The molecule has 20 heavy (non-hydrogen) atoms. The van der Waals surface area contributed by atoms with E-state index in [1.165, 1.54) is 12.3 Å². The highest BCUT2D eigenvalue weighted by molar-refractivity contribution is 6.29. The second-order valence-electron chi connectivity index (χ2n) is 4.15. The fourth-order valence-electron chi connectivity index (χ4n) is 1.80. The Hall–Kier alpha value is -2.58. The van der Waals surface area contributed by atoms with Gasteiger partial charge in [-0.15, -0.1) is 0 Å². The molecule has 0 fully saturated rings. The molecule has 3 N–H and O–H groups in total. The number of pyridine rings is 1. The summed E-state index contributed by atoms with van der Waals surface area (Å²) in [6.07, 6.45) is 1.37. The lowest BCUT2D eigenvalue weighted by Gasteiger charge is -2.14. The second kappa shape index (κ2) is 5.59. The number of primary amides is 1. The van der Waals surface area contributed by atoms with Gasteiger partial charge in [0.05, 0.1) is 22.5 Å². The summed E-state index contributed by atoms with van der Waals surface area (Å²) in [6, 6.07) is 8.73. The van der Waals surface area contributed by atoms with E-state index in [1.54, 1.807) is 12.1 Å². The molecule has 0 aliphatic carbocycles. The molecule has 100 valence electrons. The van der Waals surface area contributed by atoms with Gasteiger partial charge in [0.1, 0.15) is 11.2 Å². The molecule has 0 unspecified atom stereocenters. The minimum Gasteiger partial charge on any atom is -0.366 e. The first-order valence-corrected chi connectivity index (χ1v) is 6.13. The predicted octanol–water partition coefficient (Wildman–Crippen LogP) is 2.76. The molecule has 5 nitrogen and oxygen atoms in total. The third-order valence-corrected chi connectivity index (χ3v) is 3.00. The van der Waals surface area contributed by atoms with Crippen molar-refractivity contribution in [2.45, 2.75) is 6.92 Å². The lowest BCUT2D eigenvalue weighted by atomic mass is 10.1. The number of nitrogens with one attached hydrogen (secondary N) is 1. The summed E-state index contributed by atoms with van der Waals surface area (Å²) >= 11 is 5.83. The summed E-state index contributed by atoms with van der Waals surface area (Å²) in [6.45, 7) is 1.84. The monoisotopic (exact) mass is 286 g/mol. The molecule has 0 radical (unpaired) electrons. The number of carbonyl (C=O) groups excluding carboxylic acids is 1. The number of amides is 1. The van der Waals surface area contributed by atoms with Gasteiger partial charge in [0.2, 0.25) is 0 Å². The molecule has 0 bridgehead atoms. The Morgan fingerprint density at radius 2 is 2.25 bits per heavy atom. The molecule has 1 aromatic carbocycles. The number of carbonyl (C=O) groups is 1. The Labute approximate surface area is 121 Å². The van der Waals surface area contributed by atoms with Crippen molar-refractivity contribution in [3.05, 3.63) is 52.3 Å². The second-order valence-corrected chi connectivity index (χ2v) is 4.54. The first kappa shape index (κ1) is 13.8. The summed E-state index contributed by atoms with van der Waals surface area (Å²) in [5, 5.41) is 12.4. The number of nitrogens with two attached hydrogens (primary N) is 1. The number of nitrogens with zero attached hydrogens (tertiary/aromatic N) is 2. The number of para-hydroxylation sites is 1. The number of nitriles is 1. The molecule has 1 heterocycles. The highest BCUT2D eigenvalue weighted by atomic mass is 35.5. The van der Waals surface area contributed by atoms with Gasteiger partial charge in [-0.25, -0.2) is 4.98 Å². The van der Waals surface area contributed by atoms with E-state index in [0.29, 0.717) is 22.5 Å². The standard InChI is InChI=1S/C14H11ClN4O/c1-8-3-2-4-10(14(17)20)13(8)19-11-5-12(15)18-7-9(11)6-16/h2-5,7H,1H3,(H2,17,20)(H,18,19). The zero-order chi connectivity index (χ0) is 14.7. The Morgan fingerprint density at radius 1 is 1.50 bits per heavy atom. The fourth-order valence-corrected chi connectivity index (χ4v) is 1.95. The van der Waals surface area contributed by atoms with Gasteiger partial charge in [-0.2, -0.15) is 5.26 Å². The fraction of sp³-hybridized carbons (Fsp3) is 0.0714. The van der Waals surface area contributed by atoms with Crippen molar-refractivity contribution < 1.29 is 4.79 Å². The maximum atomic E-state index is 11.5. The Bertz CT molecular complexity index is 722. The Morgan fingerprint density at radius 3 is 2.90 bits per heavy atom. The summed E-state index contributed by atoms with van der Waals surface area (Å²) in [5.41, 5.74) is 7.89. The molecule has 0 aliphatic heterocycles. The number of benzene rings is 1. The smallest absolute Gasteiger partial charge is 0.250 e. The highest BCUT2D eigenvalue weighted by Gasteiger charge is 2.12. The minimum absolute atomic E-state index is 0.251. The molecular formula is C14H11ClN4O. The lowest BCUT2D eigenvalue weighted by molar-refractivity contribution is 0.100. The third kappa shape index (κ3) is 2.71. The lowest BCUT2D eigenvalue weighted by Crippen LogP contribution is -2.14. The quantitative estimate of drug-likeness (QED) is 0.849. The largest absolute Gasteiger partial charge is 0.366 e. The Kier molecular flexibility index (Phi) is 3.87. The number of aryl methyl sites for hydroxylation is 1. The van der Waals surface area contributed by atoms with E-state index in [-0.39, 0.29) is 5.15 Å². The molecule has 1 amide bonds.